The molecule has 0 aliphatic heterocycles. The van der Waals surface area contributed by atoms with Gasteiger partial charge < -0.3 is 20.7 Å². The molecule has 2 aromatic rings. The molecule has 1 unspecified atom stereocenters. The summed E-state index contributed by atoms with van der Waals surface area (Å²) in [6.45, 7) is 0. The summed E-state index contributed by atoms with van der Waals surface area (Å²) in [5.41, 5.74) is 0.195. The number of ether oxygens (including phenoxy) is 1. The van der Waals surface area contributed by atoms with E-state index in [1.165, 1.54) is 25.3 Å². The van der Waals surface area contributed by atoms with Crippen molar-refractivity contribution < 1.29 is 14.5 Å². The molecular formula is C17H14Cl3IN4O4S. The molecule has 160 valence electrons. The summed E-state index contributed by atoms with van der Waals surface area (Å²) in [5, 5.41) is 19.1. The van der Waals surface area contributed by atoms with E-state index in [9.17, 15) is 14.9 Å². The van der Waals surface area contributed by atoms with Crippen molar-refractivity contribution in [1.82, 2.24) is 10.6 Å². The minimum Gasteiger partial charge on any atom is -0.496 e. The summed E-state index contributed by atoms with van der Waals surface area (Å²) < 4.78 is 3.71. The summed E-state index contributed by atoms with van der Waals surface area (Å²) in [4.78, 5) is 23.3. The molecule has 1 amide bonds. The number of nitro groups is 1. The molecule has 0 aliphatic rings. The van der Waals surface area contributed by atoms with Gasteiger partial charge in [-0.05, 0) is 59.1 Å². The van der Waals surface area contributed by atoms with Gasteiger partial charge in [0.25, 0.3) is 11.6 Å². The Morgan fingerprint density at radius 2 is 1.90 bits per heavy atom. The van der Waals surface area contributed by atoms with Crippen molar-refractivity contribution in [3.05, 3.63) is 61.7 Å². The Hall–Kier alpha value is -1.60. The number of hydrogen-bond acceptors (Lipinski definition) is 5. The molecule has 0 fully saturated rings. The number of nitrogens with zero attached hydrogens (tertiary/aromatic N) is 1. The van der Waals surface area contributed by atoms with Crippen molar-refractivity contribution in [1.29, 1.82) is 0 Å². The van der Waals surface area contributed by atoms with Crippen LogP contribution >= 0.6 is 69.6 Å². The largest absolute Gasteiger partial charge is 0.496 e. The number of nitrogens with one attached hydrogen (secondary N) is 3. The molecule has 0 bridgehead atoms. The molecule has 0 aromatic heterocycles. The van der Waals surface area contributed by atoms with Crippen LogP contribution in [-0.4, -0.2) is 33.0 Å². The Morgan fingerprint density at radius 3 is 2.47 bits per heavy atom. The molecule has 0 radical (unpaired) electrons. The molecular weight excluding hydrogens is 590 g/mol. The van der Waals surface area contributed by atoms with E-state index < -0.39 is 20.8 Å². The molecule has 0 aliphatic carbocycles. The number of rotatable bonds is 6. The van der Waals surface area contributed by atoms with Crippen LogP contribution in [0.5, 0.6) is 5.75 Å². The highest BCUT2D eigenvalue weighted by Gasteiger charge is 2.35. The van der Waals surface area contributed by atoms with Gasteiger partial charge in [-0.15, -0.1) is 0 Å². The third-order valence-corrected chi connectivity index (χ3v) is 5.46. The third-order valence-electron chi connectivity index (χ3n) is 3.65. The van der Waals surface area contributed by atoms with Gasteiger partial charge in [0.15, 0.2) is 5.11 Å². The average molecular weight is 604 g/mol. The van der Waals surface area contributed by atoms with Gasteiger partial charge >= 0.3 is 0 Å². The van der Waals surface area contributed by atoms with Crippen LogP contribution in [0.15, 0.2) is 42.5 Å². The van der Waals surface area contributed by atoms with Crippen molar-refractivity contribution in [3.63, 3.8) is 0 Å². The van der Waals surface area contributed by atoms with E-state index in [4.69, 9.17) is 51.8 Å². The van der Waals surface area contributed by atoms with Crippen molar-refractivity contribution in [2.24, 2.45) is 0 Å². The Morgan fingerprint density at radius 1 is 1.23 bits per heavy atom. The zero-order chi connectivity index (χ0) is 22.5. The number of hydrogen-bond donors (Lipinski definition) is 3. The van der Waals surface area contributed by atoms with Crippen LogP contribution in [0, 0.1) is 13.7 Å². The second-order valence-corrected chi connectivity index (χ2v) is 9.61. The second-order valence-electron chi connectivity index (χ2n) is 5.67. The molecule has 0 heterocycles. The second kappa shape index (κ2) is 10.6. The number of alkyl halides is 3. The molecule has 8 nitrogen and oxygen atoms in total. The van der Waals surface area contributed by atoms with Crippen LogP contribution in [0.1, 0.15) is 10.4 Å². The first-order chi connectivity index (χ1) is 14.0. The first-order valence-corrected chi connectivity index (χ1v) is 10.7. The zero-order valence-electron chi connectivity index (χ0n) is 15.1. The number of carbonyl (C=O) groups is 1. The maximum Gasteiger partial charge on any atom is 0.296 e. The fourth-order valence-electron chi connectivity index (χ4n) is 2.24. The summed E-state index contributed by atoms with van der Waals surface area (Å²) in [6, 6.07) is 11.0. The highest BCUT2D eigenvalue weighted by Crippen LogP contribution is 2.31. The minimum atomic E-state index is -1.98. The first kappa shape index (κ1) is 24.7. The standard InChI is InChI=1S/C17H14Cl3IN4O4S/c1-29-9-6-7-12(13(8-9)25(27)28)22-16(30)24-15(17(18,19)20)23-14(26)10-4-2-3-5-11(10)21/h2-8,15H,1H3,(H,23,26)(H2,22,24,30). The molecule has 2 rings (SSSR count). The summed E-state index contributed by atoms with van der Waals surface area (Å²) in [5.74, 6) is -0.197. The number of nitro benzene ring substituents is 1. The van der Waals surface area contributed by atoms with E-state index in [-0.39, 0.29) is 16.5 Å². The van der Waals surface area contributed by atoms with Gasteiger partial charge in [0.1, 0.15) is 17.6 Å². The molecule has 30 heavy (non-hydrogen) atoms. The fourth-order valence-corrected chi connectivity index (χ4v) is 3.43. The third kappa shape index (κ3) is 6.71. The Kier molecular flexibility index (Phi) is 8.73. The van der Waals surface area contributed by atoms with E-state index in [1.807, 2.05) is 22.6 Å². The van der Waals surface area contributed by atoms with Gasteiger partial charge in [-0.3, -0.25) is 14.9 Å². The maximum atomic E-state index is 12.6. The number of benzene rings is 2. The molecule has 3 N–H and O–H groups in total. The Bertz CT molecular complexity index is 974. The molecule has 0 saturated heterocycles. The van der Waals surface area contributed by atoms with Crippen molar-refractivity contribution in [2.45, 2.75) is 9.96 Å². The van der Waals surface area contributed by atoms with Crippen LogP contribution in [-0.2, 0) is 0 Å². The lowest BCUT2D eigenvalue weighted by atomic mass is 10.2. The summed E-state index contributed by atoms with van der Waals surface area (Å²) in [6.07, 6.45) is -1.23. The molecule has 1 atom stereocenters. The normalized spacial score (nSPS) is 11.9. The van der Waals surface area contributed by atoms with Crippen LogP contribution in [0.2, 0.25) is 0 Å². The SMILES string of the molecule is COc1ccc(NC(=S)NC(NC(=O)c2ccccc2I)C(Cl)(Cl)Cl)c([N+](=O)[O-])c1. The zero-order valence-corrected chi connectivity index (χ0v) is 20.4. The van der Waals surface area contributed by atoms with Gasteiger partial charge in [-0.25, -0.2) is 0 Å². The monoisotopic (exact) mass is 602 g/mol. The number of methoxy groups -OCH3 is 1. The molecule has 13 heteroatoms. The fraction of sp³-hybridized carbons (Fsp3) is 0.176. The number of anilines is 1. The van der Waals surface area contributed by atoms with E-state index >= 15 is 0 Å². The quantitative estimate of drug-likeness (QED) is 0.111. The van der Waals surface area contributed by atoms with E-state index in [0.717, 1.165) is 0 Å². The summed E-state index contributed by atoms with van der Waals surface area (Å²) in [7, 11) is 1.39. The molecule has 2 aromatic carbocycles. The van der Waals surface area contributed by atoms with Crippen molar-refractivity contribution >= 4 is 92.0 Å². The van der Waals surface area contributed by atoms with Crippen LogP contribution < -0.4 is 20.7 Å². The van der Waals surface area contributed by atoms with Gasteiger partial charge in [-0.1, -0.05) is 46.9 Å². The predicted octanol–water partition coefficient (Wildman–Crippen LogP) is 4.62. The lowest BCUT2D eigenvalue weighted by molar-refractivity contribution is -0.384. The van der Waals surface area contributed by atoms with Crippen molar-refractivity contribution in [3.8, 4) is 5.75 Å². The predicted molar refractivity (Wildman–Crippen MR) is 130 cm³/mol. The van der Waals surface area contributed by atoms with Gasteiger partial charge in [0.2, 0.25) is 3.79 Å². The highest BCUT2D eigenvalue weighted by atomic mass is 127. The number of carbonyl (C=O) groups excluding carboxylic acids is 1. The topological polar surface area (TPSA) is 106 Å². The lowest BCUT2D eigenvalue weighted by Gasteiger charge is -2.28. The minimum absolute atomic E-state index is 0.0882. The first-order valence-electron chi connectivity index (χ1n) is 8.05. The van der Waals surface area contributed by atoms with Gasteiger partial charge in [0.05, 0.1) is 23.7 Å². The number of amides is 1. The van der Waals surface area contributed by atoms with E-state index in [0.29, 0.717) is 14.9 Å². The summed E-state index contributed by atoms with van der Waals surface area (Å²) >= 11 is 25.1. The Labute approximate surface area is 205 Å². The molecule has 0 spiro atoms. The van der Waals surface area contributed by atoms with Crippen LogP contribution in [0.25, 0.3) is 0 Å². The number of halogens is 4. The van der Waals surface area contributed by atoms with E-state index in [1.54, 1.807) is 24.3 Å². The highest BCUT2D eigenvalue weighted by molar-refractivity contribution is 14.1. The van der Waals surface area contributed by atoms with Crippen LogP contribution in [0.4, 0.5) is 11.4 Å². The smallest absolute Gasteiger partial charge is 0.296 e. The van der Waals surface area contributed by atoms with Gasteiger partial charge in [-0.2, -0.15) is 0 Å². The van der Waals surface area contributed by atoms with Gasteiger partial charge in [0, 0.05) is 3.57 Å². The molecule has 0 saturated carbocycles. The maximum absolute atomic E-state index is 12.6. The van der Waals surface area contributed by atoms with Crippen molar-refractivity contribution in [2.75, 3.05) is 12.4 Å². The average Bonchev–Trinajstić information content (AvgIpc) is 2.67. The van der Waals surface area contributed by atoms with Crippen LogP contribution in [0.3, 0.4) is 0 Å². The Balaban J connectivity index is 2.18. The van der Waals surface area contributed by atoms with E-state index in [2.05, 4.69) is 16.0 Å². The lowest BCUT2D eigenvalue weighted by Crippen LogP contribution is -2.56. The number of thiocarbonyl (C=S) groups is 1.